The predicted molar refractivity (Wildman–Crippen MR) is 99.8 cm³/mol. The molecular formula is C23H23O+. The van der Waals surface area contributed by atoms with Gasteiger partial charge in [0.15, 0.2) is 0 Å². The molecule has 0 saturated heterocycles. The van der Waals surface area contributed by atoms with Gasteiger partial charge in [-0.2, -0.15) is 0 Å². The Balaban J connectivity index is 1.81. The van der Waals surface area contributed by atoms with Crippen LogP contribution in [0.4, 0.5) is 0 Å². The van der Waals surface area contributed by atoms with E-state index in [1.807, 2.05) is 6.07 Å². The van der Waals surface area contributed by atoms with E-state index >= 15 is 0 Å². The highest BCUT2D eigenvalue weighted by Gasteiger charge is 2.28. The molecule has 1 nitrogen and oxygen atoms in total. The van der Waals surface area contributed by atoms with E-state index in [-0.39, 0.29) is 0 Å². The Morgan fingerprint density at radius 3 is 1.92 bits per heavy atom. The van der Waals surface area contributed by atoms with Crippen molar-refractivity contribution in [3.8, 4) is 22.5 Å². The Labute approximate surface area is 144 Å². The summed E-state index contributed by atoms with van der Waals surface area (Å²) in [6, 6.07) is 25.5. The summed E-state index contributed by atoms with van der Waals surface area (Å²) in [6.07, 6.45) is 6.49. The lowest BCUT2D eigenvalue weighted by Crippen LogP contribution is -2.05. The zero-order chi connectivity index (χ0) is 16.2. The minimum Gasteiger partial charge on any atom is -0.212 e. The van der Waals surface area contributed by atoms with Crippen molar-refractivity contribution in [3.63, 3.8) is 0 Å². The Kier molecular flexibility index (Phi) is 4.42. The third kappa shape index (κ3) is 3.26. The van der Waals surface area contributed by atoms with Crippen molar-refractivity contribution < 1.29 is 4.42 Å². The van der Waals surface area contributed by atoms with Crippen LogP contribution in [0.25, 0.3) is 22.5 Å². The summed E-state index contributed by atoms with van der Waals surface area (Å²) in [5.41, 5.74) is 3.65. The standard InChI is InChI=1S/C23H23O/c1-4-10-18(11-5-1)21-16-22(19-12-6-2-7-13-19)24-23(17-21)20-14-8-3-9-15-20/h1-2,4-7,10-13,16-17,20H,3,8-9,14-15H2/q+1. The van der Waals surface area contributed by atoms with E-state index in [9.17, 15) is 0 Å². The van der Waals surface area contributed by atoms with E-state index in [1.165, 1.54) is 43.2 Å². The molecule has 0 unspecified atom stereocenters. The minimum absolute atomic E-state index is 0.560. The molecule has 1 heterocycles. The maximum Gasteiger partial charge on any atom is 0.360 e. The zero-order valence-corrected chi connectivity index (χ0v) is 13.9. The molecule has 0 spiro atoms. The first-order valence-corrected chi connectivity index (χ1v) is 8.99. The van der Waals surface area contributed by atoms with E-state index < -0.39 is 0 Å². The van der Waals surface area contributed by atoms with Crippen molar-refractivity contribution in [2.24, 2.45) is 0 Å². The van der Waals surface area contributed by atoms with Crippen molar-refractivity contribution in [2.45, 2.75) is 38.0 Å². The van der Waals surface area contributed by atoms with E-state index in [0.29, 0.717) is 5.92 Å². The van der Waals surface area contributed by atoms with Gasteiger partial charge in [-0.3, -0.25) is 0 Å². The lowest BCUT2D eigenvalue weighted by molar-refractivity contribution is 0.372. The molecule has 1 fully saturated rings. The number of hydrogen-bond donors (Lipinski definition) is 0. The fraction of sp³-hybridized carbons (Fsp3) is 0.261. The molecule has 1 aliphatic rings. The zero-order valence-electron chi connectivity index (χ0n) is 13.9. The molecule has 0 radical (unpaired) electrons. The van der Waals surface area contributed by atoms with Crippen LogP contribution < -0.4 is 0 Å². The fourth-order valence-electron chi connectivity index (χ4n) is 3.65. The molecule has 0 atom stereocenters. The van der Waals surface area contributed by atoms with Gasteiger partial charge in [-0.15, -0.1) is 0 Å². The molecule has 1 saturated carbocycles. The second-order valence-electron chi connectivity index (χ2n) is 6.68. The average molecular weight is 315 g/mol. The van der Waals surface area contributed by atoms with Gasteiger partial charge in [0.05, 0.1) is 17.5 Å². The van der Waals surface area contributed by atoms with Crippen molar-refractivity contribution in [1.29, 1.82) is 0 Å². The van der Waals surface area contributed by atoms with Crippen molar-refractivity contribution in [1.82, 2.24) is 0 Å². The molecule has 0 amide bonds. The topological polar surface area (TPSA) is 11.3 Å². The first kappa shape index (κ1) is 15.1. The third-order valence-corrected chi connectivity index (χ3v) is 4.99. The summed E-state index contributed by atoms with van der Waals surface area (Å²) in [5.74, 6) is 2.68. The highest BCUT2D eigenvalue weighted by Crippen LogP contribution is 2.37. The van der Waals surface area contributed by atoms with E-state index in [4.69, 9.17) is 4.42 Å². The number of rotatable bonds is 3. The van der Waals surface area contributed by atoms with Gasteiger partial charge in [-0.25, -0.2) is 4.42 Å². The van der Waals surface area contributed by atoms with Crippen molar-refractivity contribution >= 4 is 0 Å². The minimum atomic E-state index is 0.560. The SMILES string of the molecule is c1ccc(-c2cc(-c3ccccc3)[o+]c(C3CCCCC3)c2)cc1. The van der Waals surface area contributed by atoms with Crippen LogP contribution in [0.5, 0.6) is 0 Å². The van der Waals surface area contributed by atoms with Crippen molar-refractivity contribution in [3.05, 3.63) is 78.6 Å². The van der Waals surface area contributed by atoms with Gasteiger partial charge in [0.25, 0.3) is 0 Å². The largest absolute Gasteiger partial charge is 0.360 e. The lowest BCUT2D eigenvalue weighted by Gasteiger charge is -2.16. The Bertz CT molecular complexity index is 729. The average Bonchev–Trinajstić information content (AvgIpc) is 2.70. The first-order chi connectivity index (χ1) is 11.9. The summed E-state index contributed by atoms with van der Waals surface area (Å²) in [7, 11) is 0. The first-order valence-electron chi connectivity index (χ1n) is 8.99. The van der Waals surface area contributed by atoms with Gasteiger partial charge in [-0.05, 0) is 30.5 Å². The van der Waals surface area contributed by atoms with Crippen LogP contribution in [-0.4, -0.2) is 0 Å². The second kappa shape index (κ2) is 7.00. The normalized spacial score (nSPS) is 15.3. The van der Waals surface area contributed by atoms with E-state index in [1.54, 1.807) is 0 Å². The van der Waals surface area contributed by atoms with E-state index in [2.05, 4.69) is 66.7 Å². The van der Waals surface area contributed by atoms with Crippen LogP contribution in [0.3, 0.4) is 0 Å². The Morgan fingerprint density at radius 2 is 1.25 bits per heavy atom. The maximum atomic E-state index is 6.37. The van der Waals surface area contributed by atoms with Gasteiger partial charge in [-0.1, -0.05) is 67.8 Å². The predicted octanol–water partition coefficient (Wildman–Crippen LogP) is 6.94. The van der Waals surface area contributed by atoms with Crippen LogP contribution in [0.1, 0.15) is 43.8 Å². The molecule has 2 aromatic carbocycles. The van der Waals surface area contributed by atoms with Gasteiger partial charge in [0, 0.05) is 11.6 Å². The van der Waals surface area contributed by atoms with Crippen LogP contribution in [0, 0.1) is 0 Å². The van der Waals surface area contributed by atoms with Gasteiger partial charge >= 0.3 is 11.5 Å². The molecule has 1 aromatic heterocycles. The van der Waals surface area contributed by atoms with Gasteiger partial charge in [0.2, 0.25) is 0 Å². The van der Waals surface area contributed by atoms with Crippen LogP contribution in [0.2, 0.25) is 0 Å². The highest BCUT2D eigenvalue weighted by atomic mass is 16.3. The summed E-state index contributed by atoms with van der Waals surface area (Å²) in [4.78, 5) is 0. The molecule has 0 N–H and O–H groups in total. The van der Waals surface area contributed by atoms with E-state index in [0.717, 1.165) is 17.1 Å². The Morgan fingerprint density at radius 1 is 0.625 bits per heavy atom. The van der Waals surface area contributed by atoms with Crippen LogP contribution in [-0.2, 0) is 0 Å². The monoisotopic (exact) mass is 315 g/mol. The molecular weight excluding hydrogens is 292 g/mol. The maximum absolute atomic E-state index is 6.37. The molecule has 1 heteroatoms. The molecule has 0 bridgehead atoms. The van der Waals surface area contributed by atoms with Gasteiger partial charge < -0.3 is 0 Å². The van der Waals surface area contributed by atoms with Crippen LogP contribution >= 0.6 is 0 Å². The molecule has 0 aliphatic heterocycles. The Hall–Kier alpha value is -2.41. The molecule has 1 aliphatic carbocycles. The fourth-order valence-corrected chi connectivity index (χ4v) is 3.65. The quantitative estimate of drug-likeness (QED) is 0.476. The summed E-state index contributed by atoms with van der Waals surface area (Å²) < 4.78 is 6.37. The number of benzene rings is 2. The summed E-state index contributed by atoms with van der Waals surface area (Å²) in [6.45, 7) is 0. The van der Waals surface area contributed by atoms with Gasteiger partial charge in [0.1, 0.15) is 0 Å². The lowest BCUT2D eigenvalue weighted by atomic mass is 9.86. The summed E-state index contributed by atoms with van der Waals surface area (Å²) >= 11 is 0. The van der Waals surface area contributed by atoms with Crippen LogP contribution in [0.15, 0.2) is 77.2 Å². The molecule has 4 rings (SSSR count). The second-order valence-corrected chi connectivity index (χ2v) is 6.68. The summed E-state index contributed by atoms with van der Waals surface area (Å²) in [5, 5.41) is 0. The van der Waals surface area contributed by atoms with Crippen molar-refractivity contribution in [2.75, 3.05) is 0 Å². The molecule has 3 aromatic rings. The molecule has 24 heavy (non-hydrogen) atoms. The number of hydrogen-bond acceptors (Lipinski definition) is 0. The highest BCUT2D eigenvalue weighted by molar-refractivity contribution is 5.69. The molecule has 120 valence electrons. The third-order valence-electron chi connectivity index (χ3n) is 4.99. The smallest absolute Gasteiger partial charge is 0.212 e.